The number of phenols is 1. The number of hydrogen-bond donors (Lipinski definition) is 2. The smallest absolute Gasteiger partial charge is 0.275 e. The lowest BCUT2D eigenvalue weighted by atomic mass is 10.1. The zero-order chi connectivity index (χ0) is 23.9. The van der Waals surface area contributed by atoms with Crippen LogP contribution >= 0.6 is 22.6 Å². The second kappa shape index (κ2) is 11.0. The SMILES string of the molecule is CCOc1cc(C=NNC(=O)c2cc3ccccc3cc2O)ccc1OCc1ccc(I)cc1. The van der Waals surface area contributed by atoms with Crippen LogP contribution in [0.15, 0.2) is 84.0 Å². The first-order valence-corrected chi connectivity index (χ1v) is 11.8. The number of halogens is 1. The molecular formula is C27H23IN2O4. The molecular weight excluding hydrogens is 543 g/mol. The highest BCUT2D eigenvalue weighted by Crippen LogP contribution is 2.29. The number of fused-ring (bicyclic) bond motifs is 1. The molecule has 172 valence electrons. The topological polar surface area (TPSA) is 80.2 Å². The standard InChI is InChI=1S/C27H23IN2O4/c1-2-33-26-13-19(9-12-25(26)34-17-18-7-10-22(28)11-8-18)16-29-30-27(32)23-14-20-5-3-4-6-21(20)15-24(23)31/h3-16,31H,2,17H2,1H3,(H,30,32). The summed E-state index contributed by atoms with van der Waals surface area (Å²) in [6.45, 7) is 2.81. The molecule has 0 bridgehead atoms. The molecule has 0 aliphatic carbocycles. The minimum atomic E-state index is -0.498. The van der Waals surface area contributed by atoms with Crippen molar-refractivity contribution in [1.29, 1.82) is 0 Å². The molecule has 0 atom stereocenters. The number of rotatable bonds is 8. The lowest BCUT2D eigenvalue weighted by Gasteiger charge is -2.12. The summed E-state index contributed by atoms with van der Waals surface area (Å²) in [5.41, 5.74) is 4.42. The molecule has 0 aliphatic rings. The average molecular weight is 566 g/mol. The number of phenolic OH excluding ortho intramolecular Hbond substituents is 1. The molecule has 4 aromatic rings. The maximum atomic E-state index is 12.5. The largest absolute Gasteiger partial charge is 0.507 e. The number of nitrogens with one attached hydrogen (secondary N) is 1. The second-order valence-electron chi connectivity index (χ2n) is 7.47. The highest BCUT2D eigenvalue weighted by molar-refractivity contribution is 14.1. The first kappa shape index (κ1) is 23.6. The van der Waals surface area contributed by atoms with E-state index >= 15 is 0 Å². The third-order valence-corrected chi connectivity index (χ3v) is 5.78. The normalized spacial score (nSPS) is 11.0. The van der Waals surface area contributed by atoms with E-state index in [0.717, 1.165) is 21.9 Å². The Balaban J connectivity index is 1.44. The van der Waals surface area contributed by atoms with Crippen molar-refractivity contribution >= 4 is 45.5 Å². The molecule has 0 fully saturated rings. The number of carbonyl (C=O) groups is 1. The average Bonchev–Trinajstić information content (AvgIpc) is 2.84. The molecule has 34 heavy (non-hydrogen) atoms. The molecule has 7 heteroatoms. The van der Waals surface area contributed by atoms with Crippen LogP contribution in [0.1, 0.15) is 28.4 Å². The van der Waals surface area contributed by atoms with Crippen molar-refractivity contribution in [2.75, 3.05) is 6.61 Å². The van der Waals surface area contributed by atoms with E-state index in [-0.39, 0.29) is 11.3 Å². The monoisotopic (exact) mass is 566 g/mol. The Kier molecular flexibility index (Phi) is 7.64. The van der Waals surface area contributed by atoms with Gasteiger partial charge in [0.2, 0.25) is 0 Å². The summed E-state index contributed by atoms with van der Waals surface area (Å²) >= 11 is 2.27. The maximum absolute atomic E-state index is 12.5. The molecule has 0 radical (unpaired) electrons. The number of ether oxygens (including phenoxy) is 2. The zero-order valence-electron chi connectivity index (χ0n) is 18.5. The number of hydrazone groups is 1. The van der Waals surface area contributed by atoms with E-state index in [1.807, 2.05) is 67.6 Å². The van der Waals surface area contributed by atoms with E-state index in [4.69, 9.17) is 9.47 Å². The van der Waals surface area contributed by atoms with E-state index in [0.29, 0.717) is 24.7 Å². The van der Waals surface area contributed by atoms with Crippen molar-refractivity contribution in [3.05, 3.63) is 99.1 Å². The Morgan fingerprint density at radius 2 is 1.71 bits per heavy atom. The van der Waals surface area contributed by atoms with Gasteiger partial charge in [0.05, 0.1) is 18.4 Å². The Bertz CT molecular complexity index is 1340. The molecule has 2 N–H and O–H groups in total. The minimum Gasteiger partial charge on any atom is -0.507 e. The Morgan fingerprint density at radius 1 is 0.971 bits per heavy atom. The number of carbonyl (C=O) groups excluding carboxylic acids is 1. The van der Waals surface area contributed by atoms with Gasteiger partial charge in [0.25, 0.3) is 5.91 Å². The molecule has 0 heterocycles. The van der Waals surface area contributed by atoms with Crippen LogP contribution in [0, 0.1) is 3.57 Å². The summed E-state index contributed by atoms with van der Waals surface area (Å²) in [6, 6.07) is 24.3. The van der Waals surface area contributed by atoms with Gasteiger partial charge in [0, 0.05) is 3.57 Å². The fourth-order valence-electron chi connectivity index (χ4n) is 3.37. The molecule has 0 spiro atoms. The van der Waals surface area contributed by atoms with Gasteiger partial charge in [-0.3, -0.25) is 4.79 Å². The van der Waals surface area contributed by atoms with Crippen molar-refractivity contribution in [1.82, 2.24) is 5.43 Å². The van der Waals surface area contributed by atoms with Crippen LogP contribution in [0.5, 0.6) is 17.2 Å². The Morgan fingerprint density at radius 3 is 2.44 bits per heavy atom. The molecule has 6 nitrogen and oxygen atoms in total. The number of nitrogens with zero attached hydrogens (tertiary/aromatic N) is 1. The van der Waals surface area contributed by atoms with Gasteiger partial charge in [-0.05, 0) is 93.9 Å². The summed E-state index contributed by atoms with van der Waals surface area (Å²) < 4.78 is 12.8. The minimum absolute atomic E-state index is 0.0975. The lowest BCUT2D eigenvalue weighted by molar-refractivity contribution is 0.0952. The van der Waals surface area contributed by atoms with Gasteiger partial charge in [-0.1, -0.05) is 36.4 Å². The molecule has 0 saturated heterocycles. The molecule has 4 aromatic carbocycles. The van der Waals surface area contributed by atoms with Gasteiger partial charge < -0.3 is 14.6 Å². The van der Waals surface area contributed by atoms with Gasteiger partial charge in [0.1, 0.15) is 12.4 Å². The summed E-state index contributed by atoms with van der Waals surface area (Å²) in [6.07, 6.45) is 1.52. The predicted molar refractivity (Wildman–Crippen MR) is 142 cm³/mol. The van der Waals surface area contributed by atoms with E-state index < -0.39 is 5.91 Å². The van der Waals surface area contributed by atoms with Crippen molar-refractivity contribution in [2.45, 2.75) is 13.5 Å². The first-order chi connectivity index (χ1) is 16.5. The van der Waals surface area contributed by atoms with E-state index in [9.17, 15) is 9.90 Å². The fourth-order valence-corrected chi connectivity index (χ4v) is 3.73. The zero-order valence-corrected chi connectivity index (χ0v) is 20.7. The molecule has 0 aliphatic heterocycles. The lowest BCUT2D eigenvalue weighted by Crippen LogP contribution is -2.17. The predicted octanol–water partition coefficient (Wildman–Crippen LogP) is 5.89. The maximum Gasteiger partial charge on any atom is 0.275 e. The van der Waals surface area contributed by atoms with Crippen LogP contribution < -0.4 is 14.9 Å². The van der Waals surface area contributed by atoms with Crippen molar-refractivity contribution in [2.24, 2.45) is 5.10 Å². The number of amides is 1. The summed E-state index contributed by atoms with van der Waals surface area (Å²) in [4.78, 5) is 12.5. The highest BCUT2D eigenvalue weighted by atomic mass is 127. The third kappa shape index (κ3) is 5.85. The van der Waals surface area contributed by atoms with Crippen molar-refractivity contribution < 1.29 is 19.4 Å². The van der Waals surface area contributed by atoms with Crippen LogP contribution in [0.3, 0.4) is 0 Å². The van der Waals surface area contributed by atoms with Crippen LogP contribution in [-0.2, 0) is 6.61 Å². The number of benzene rings is 4. The second-order valence-corrected chi connectivity index (χ2v) is 8.72. The van der Waals surface area contributed by atoms with E-state index in [1.165, 1.54) is 9.78 Å². The molecule has 4 rings (SSSR count). The number of aromatic hydroxyl groups is 1. The summed E-state index contributed by atoms with van der Waals surface area (Å²) in [5, 5.41) is 16.0. The van der Waals surface area contributed by atoms with Gasteiger partial charge in [0.15, 0.2) is 11.5 Å². The summed E-state index contributed by atoms with van der Waals surface area (Å²) in [5.74, 6) is 0.625. The third-order valence-electron chi connectivity index (χ3n) is 5.06. The van der Waals surface area contributed by atoms with Gasteiger partial charge in [-0.2, -0.15) is 5.10 Å². The Hall–Kier alpha value is -3.59. The fraction of sp³-hybridized carbons (Fsp3) is 0.111. The van der Waals surface area contributed by atoms with Gasteiger partial charge in [-0.25, -0.2) is 5.43 Å². The van der Waals surface area contributed by atoms with Crippen LogP contribution in [-0.4, -0.2) is 23.8 Å². The van der Waals surface area contributed by atoms with E-state index in [1.54, 1.807) is 18.2 Å². The summed E-state index contributed by atoms with van der Waals surface area (Å²) in [7, 11) is 0. The van der Waals surface area contributed by atoms with Crippen molar-refractivity contribution in [3.8, 4) is 17.2 Å². The highest BCUT2D eigenvalue weighted by Gasteiger charge is 2.12. The Labute approximate surface area is 211 Å². The molecule has 0 aromatic heterocycles. The molecule has 0 saturated carbocycles. The first-order valence-electron chi connectivity index (χ1n) is 10.7. The van der Waals surface area contributed by atoms with Crippen LogP contribution in [0.25, 0.3) is 10.8 Å². The van der Waals surface area contributed by atoms with E-state index in [2.05, 4.69) is 33.1 Å². The molecule has 0 unspecified atom stereocenters. The van der Waals surface area contributed by atoms with Crippen LogP contribution in [0.2, 0.25) is 0 Å². The van der Waals surface area contributed by atoms with Gasteiger partial charge >= 0.3 is 0 Å². The molecule has 1 amide bonds. The van der Waals surface area contributed by atoms with Gasteiger partial charge in [-0.15, -0.1) is 0 Å². The van der Waals surface area contributed by atoms with Crippen LogP contribution in [0.4, 0.5) is 0 Å². The number of hydrogen-bond acceptors (Lipinski definition) is 5. The van der Waals surface area contributed by atoms with Crippen molar-refractivity contribution in [3.63, 3.8) is 0 Å². The quantitative estimate of drug-likeness (QED) is 0.158.